The topological polar surface area (TPSA) is 24.1 Å². The van der Waals surface area contributed by atoms with E-state index in [1.54, 1.807) is 0 Å². The van der Waals surface area contributed by atoms with Gasteiger partial charge in [0.15, 0.2) is 0 Å². The summed E-state index contributed by atoms with van der Waals surface area (Å²) < 4.78 is 0. The summed E-state index contributed by atoms with van der Waals surface area (Å²) in [6.07, 6.45) is 8.43. The van der Waals surface area contributed by atoms with Gasteiger partial charge in [0.2, 0.25) is 0 Å². The van der Waals surface area contributed by atoms with Gasteiger partial charge in [-0.25, -0.2) is 0 Å². The fourth-order valence-electron chi connectivity index (χ4n) is 2.80. The summed E-state index contributed by atoms with van der Waals surface area (Å²) in [6.45, 7) is 6.06. The maximum atomic E-state index is 3.68. The van der Waals surface area contributed by atoms with Gasteiger partial charge < -0.3 is 10.6 Å². The monoisotopic (exact) mass is 210 g/mol. The number of hydrogen-bond donors (Lipinski definition) is 2. The zero-order valence-electron chi connectivity index (χ0n) is 10.1. The summed E-state index contributed by atoms with van der Waals surface area (Å²) in [4.78, 5) is 0. The Bertz CT molecular complexity index is 175. The van der Waals surface area contributed by atoms with Crippen LogP contribution in [-0.4, -0.2) is 25.7 Å². The third kappa shape index (κ3) is 3.76. The Labute approximate surface area is 94.2 Å². The van der Waals surface area contributed by atoms with Crippen molar-refractivity contribution in [1.82, 2.24) is 10.6 Å². The molecule has 0 aromatic heterocycles. The third-order valence-electron chi connectivity index (χ3n) is 4.04. The predicted octanol–water partition coefficient (Wildman–Crippen LogP) is 2.15. The van der Waals surface area contributed by atoms with Crippen LogP contribution in [0.3, 0.4) is 0 Å². The fourth-order valence-corrected chi connectivity index (χ4v) is 2.80. The van der Waals surface area contributed by atoms with Crippen LogP contribution in [-0.2, 0) is 0 Å². The summed E-state index contributed by atoms with van der Waals surface area (Å²) in [7, 11) is 0. The molecule has 2 N–H and O–H groups in total. The quantitative estimate of drug-likeness (QED) is 0.656. The van der Waals surface area contributed by atoms with Crippen molar-refractivity contribution in [3.63, 3.8) is 0 Å². The Morgan fingerprint density at radius 2 is 2.33 bits per heavy atom. The molecule has 2 fully saturated rings. The molecule has 0 aromatic carbocycles. The van der Waals surface area contributed by atoms with Crippen molar-refractivity contribution >= 4 is 0 Å². The molecule has 0 spiro atoms. The molecule has 1 saturated carbocycles. The van der Waals surface area contributed by atoms with E-state index in [4.69, 9.17) is 0 Å². The van der Waals surface area contributed by atoms with Crippen LogP contribution in [0.25, 0.3) is 0 Å². The molecule has 1 aliphatic heterocycles. The van der Waals surface area contributed by atoms with Crippen LogP contribution in [0.15, 0.2) is 0 Å². The molecule has 15 heavy (non-hydrogen) atoms. The Balaban J connectivity index is 1.45. The molecule has 2 nitrogen and oxygen atoms in total. The van der Waals surface area contributed by atoms with E-state index in [0.717, 1.165) is 17.9 Å². The van der Waals surface area contributed by atoms with Crippen LogP contribution in [0.4, 0.5) is 0 Å². The van der Waals surface area contributed by atoms with Crippen molar-refractivity contribution in [3.8, 4) is 0 Å². The Hall–Kier alpha value is -0.0800. The van der Waals surface area contributed by atoms with Crippen molar-refractivity contribution in [1.29, 1.82) is 0 Å². The van der Waals surface area contributed by atoms with E-state index >= 15 is 0 Å². The normalized spacial score (nSPS) is 35.4. The van der Waals surface area contributed by atoms with Crippen LogP contribution >= 0.6 is 0 Å². The summed E-state index contributed by atoms with van der Waals surface area (Å²) in [5, 5.41) is 7.17. The van der Waals surface area contributed by atoms with Crippen LogP contribution in [0.5, 0.6) is 0 Å². The zero-order valence-corrected chi connectivity index (χ0v) is 10.1. The van der Waals surface area contributed by atoms with E-state index in [9.17, 15) is 0 Å². The molecule has 3 atom stereocenters. The molecule has 0 aromatic rings. The Morgan fingerprint density at radius 3 is 3.00 bits per heavy atom. The lowest BCUT2D eigenvalue weighted by Gasteiger charge is -2.22. The first-order valence-electron chi connectivity index (χ1n) is 6.84. The second kappa shape index (κ2) is 5.86. The van der Waals surface area contributed by atoms with Gasteiger partial charge in [0.25, 0.3) is 0 Å². The maximum Gasteiger partial charge on any atom is 0.00990 e. The van der Waals surface area contributed by atoms with Crippen LogP contribution < -0.4 is 10.6 Å². The second-order valence-electron chi connectivity index (χ2n) is 5.32. The third-order valence-corrected chi connectivity index (χ3v) is 4.04. The average Bonchev–Trinajstić information content (AvgIpc) is 3.05. The van der Waals surface area contributed by atoms with Gasteiger partial charge in [0.05, 0.1) is 0 Å². The number of rotatable bonds is 6. The molecule has 3 unspecified atom stereocenters. The van der Waals surface area contributed by atoms with Crippen molar-refractivity contribution in [3.05, 3.63) is 0 Å². The smallest absolute Gasteiger partial charge is 0.00990 e. The van der Waals surface area contributed by atoms with Gasteiger partial charge in [-0.3, -0.25) is 0 Å². The van der Waals surface area contributed by atoms with E-state index in [-0.39, 0.29) is 0 Å². The van der Waals surface area contributed by atoms with Gasteiger partial charge in [-0.2, -0.15) is 0 Å². The first-order chi connectivity index (χ1) is 7.40. The van der Waals surface area contributed by atoms with Gasteiger partial charge in [0.1, 0.15) is 0 Å². The van der Waals surface area contributed by atoms with E-state index in [0.29, 0.717) is 0 Å². The minimum atomic E-state index is 0.875. The molecule has 1 heterocycles. The molecule has 88 valence electrons. The lowest BCUT2D eigenvalue weighted by Crippen LogP contribution is -2.30. The molecule has 2 rings (SSSR count). The number of hydrogen-bond acceptors (Lipinski definition) is 2. The van der Waals surface area contributed by atoms with Gasteiger partial charge in [-0.05, 0) is 63.6 Å². The molecular weight excluding hydrogens is 184 g/mol. The highest BCUT2D eigenvalue weighted by Crippen LogP contribution is 2.33. The first kappa shape index (κ1) is 11.4. The van der Waals surface area contributed by atoms with E-state index < -0.39 is 0 Å². The SMILES string of the molecule is CCC1CC1NCCCC1CCCNC1. The minimum absolute atomic E-state index is 0.875. The highest BCUT2D eigenvalue weighted by Gasteiger charge is 2.34. The summed E-state index contributed by atoms with van der Waals surface area (Å²) in [5.74, 6) is 1.96. The summed E-state index contributed by atoms with van der Waals surface area (Å²) in [5.41, 5.74) is 0. The largest absolute Gasteiger partial charge is 0.316 e. The summed E-state index contributed by atoms with van der Waals surface area (Å²) in [6, 6.07) is 0.875. The second-order valence-corrected chi connectivity index (χ2v) is 5.32. The molecule has 1 saturated heterocycles. The molecule has 2 aliphatic rings. The van der Waals surface area contributed by atoms with Crippen LogP contribution in [0.2, 0.25) is 0 Å². The van der Waals surface area contributed by atoms with E-state index in [1.165, 1.54) is 58.2 Å². The molecule has 0 amide bonds. The first-order valence-corrected chi connectivity index (χ1v) is 6.84. The van der Waals surface area contributed by atoms with Gasteiger partial charge in [-0.1, -0.05) is 13.3 Å². The van der Waals surface area contributed by atoms with Crippen molar-refractivity contribution < 1.29 is 0 Å². The van der Waals surface area contributed by atoms with Crippen molar-refractivity contribution in [2.45, 2.75) is 51.5 Å². The van der Waals surface area contributed by atoms with Crippen LogP contribution in [0, 0.1) is 11.8 Å². The highest BCUT2D eigenvalue weighted by molar-refractivity contribution is 4.91. The standard InChI is InChI=1S/C13H26N2/c1-2-12-9-13(12)15-8-4-6-11-5-3-7-14-10-11/h11-15H,2-10H2,1H3. The lowest BCUT2D eigenvalue weighted by molar-refractivity contribution is 0.348. The molecule has 2 heteroatoms. The van der Waals surface area contributed by atoms with E-state index in [1.807, 2.05) is 0 Å². The number of nitrogens with one attached hydrogen (secondary N) is 2. The van der Waals surface area contributed by atoms with Gasteiger partial charge in [-0.15, -0.1) is 0 Å². The van der Waals surface area contributed by atoms with Crippen LogP contribution in [0.1, 0.15) is 45.4 Å². The average molecular weight is 210 g/mol. The minimum Gasteiger partial charge on any atom is -0.316 e. The summed E-state index contributed by atoms with van der Waals surface area (Å²) >= 11 is 0. The fraction of sp³-hybridized carbons (Fsp3) is 1.00. The van der Waals surface area contributed by atoms with E-state index in [2.05, 4.69) is 17.6 Å². The zero-order chi connectivity index (χ0) is 10.5. The lowest BCUT2D eigenvalue weighted by atomic mass is 9.95. The van der Waals surface area contributed by atoms with Gasteiger partial charge >= 0.3 is 0 Å². The Kier molecular flexibility index (Phi) is 4.45. The molecule has 0 radical (unpaired) electrons. The highest BCUT2D eigenvalue weighted by atomic mass is 15.0. The maximum absolute atomic E-state index is 3.68. The Morgan fingerprint density at radius 1 is 1.40 bits per heavy atom. The molecule has 1 aliphatic carbocycles. The molecular formula is C13H26N2. The number of piperidine rings is 1. The van der Waals surface area contributed by atoms with Crippen molar-refractivity contribution in [2.75, 3.05) is 19.6 Å². The van der Waals surface area contributed by atoms with Gasteiger partial charge in [0, 0.05) is 6.04 Å². The predicted molar refractivity (Wildman–Crippen MR) is 65.0 cm³/mol. The molecule has 0 bridgehead atoms. The van der Waals surface area contributed by atoms with Crippen molar-refractivity contribution in [2.24, 2.45) is 11.8 Å².